The van der Waals surface area contributed by atoms with E-state index in [1.807, 2.05) is 36.6 Å². The molecule has 1 aliphatic rings. The van der Waals surface area contributed by atoms with Crippen LogP contribution in [-0.2, 0) is 30.4 Å². The summed E-state index contributed by atoms with van der Waals surface area (Å²) in [4.78, 5) is 63.0. The van der Waals surface area contributed by atoms with Crippen molar-refractivity contribution in [3.63, 3.8) is 0 Å². The third-order valence-corrected chi connectivity index (χ3v) is 6.61. The molecular formula is C24H34N4O7S. The topological polar surface area (TPSA) is 179 Å². The molecule has 1 aromatic carbocycles. The van der Waals surface area contributed by atoms with Crippen molar-refractivity contribution in [3.05, 3.63) is 35.9 Å². The Morgan fingerprint density at radius 2 is 1.72 bits per heavy atom. The van der Waals surface area contributed by atoms with Crippen molar-refractivity contribution in [1.82, 2.24) is 15.5 Å². The van der Waals surface area contributed by atoms with E-state index in [0.717, 1.165) is 5.56 Å². The average molecular weight is 523 g/mol. The highest BCUT2D eigenvalue weighted by atomic mass is 32.2. The smallest absolute Gasteiger partial charge is 0.326 e. The largest absolute Gasteiger partial charge is 0.481 e. The molecule has 12 heteroatoms. The number of amides is 3. The van der Waals surface area contributed by atoms with E-state index in [2.05, 4.69) is 10.6 Å². The molecule has 6 N–H and O–H groups in total. The van der Waals surface area contributed by atoms with Crippen LogP contribution in [0.25, 0.3) is 0 Å². The molecule has 0 aliphatic carbocycles. The highest BCUT2D eigenvalue weighted by Gasteiger charge is 2.38. The lowest BCUT2D eigenvalue weighted by molar-refractivity contribution is -0.149. The van der Waals surface area contributed by atoms with Gasteiger partial charge >= 0.3 is 11.9 Å². The van der Waals surface area contributed by atoms with Crippen LogP contribution in [0.5, 0.6) is 0 Å². The molecule has 3 amide bonds. The molecule has 4 atom stereocenters. The second-order valence-corrected chi connectivity index (χ2v) is 9.65. The maximum atomic E-state index is 13.2. The van der Waals surface area contributed by atoms with Gasteiger partial charge in [-0.2, -0.15) is 11.8 Å². The van der Waals surface area contributed by atoms with Crippen molar-refractivity contribution < 1.29 is 34.2 Å². The maximum Gasteiger partial charge on any atom is 0.326 e. The Balaban J connectivity index is 2.13. The number of nitrogens with two attached hydrogens (primary N) is 1. The van der Waals surface area contributed by atoms with Crippen molar-refractivity contribution in [2.75, 3.05) is 18.6 Å². The van der Waals surface area contributed by atoms with Crippen LogP contribution in [0.4, 0.5) is 0 Å². The van der Waals surface area contributed by atoms with Crippen LogP contribution in [0.15, 0.2) is 30.3 Å². The predicted octanol–water partition coefficient (Wildman–Crippen LogP) is 0.220. The van der Waals surface area contributed by atoms with Crippen LogP contribution in [0, 0.1) is 0 Å². The van der Waals surface area contributed by atoms with Gasteiger partial charge in [-0.15, -0.1) is 0 Å². The second-order valence-electron chi connectivity index (χ2n) is 8.66. The fourth-order valence-electron chi connectivity index (χ4n) is 4.03. The lowest BCUT2D eigenvalue weighted by atomic mass is 10.0. The maximum absolute atomic E-state index is 13.2. The lowest BCUT2D eigenvalue weighted by Crippen LogP contribution is -2.57. The van der Waals surface area contributed by atoms with E-state index in [1.54, 1.807) is 0 Å². The van der Waals surface area contributed by atoms with E-state index in [-0.39, 0.29) is 32.2 Å². The first-order valence-electron chi connectivity index (χ1n) is 11.8. The number of carboxylic acid groups (broad SMARTS) is 2. The zero-order chi connectivity index (χ0) is 26.7. The minimum absolute atomic E-state index is 0.199. The SMILES string of the molecule is CSCCC(NC(=O)C(CCC(=O)O)NC(=O)C(N)Cc1ccccc1)C(=O)N1CCCC1C(=O)O. The van der Waals surface area contributed by atoms with Gasteiger partial charge < -0.3 is 31.5 Å². The molecule has 1 heterocycles. The van der Waals surface area contributed by atoms with E-state index in [0.29, 0.717) is 18.6 Å². The normalized spacial score (nSPS) is 17.6. The predicted molar refractivity (Wildman–Crippen MR) is 134 cm³/mol. The van der Waals surface area contributed by atoms with Gasteiger partial charge in [0.05, 0.1) is 6.04 Å². The Bertz CT molecular complexity index is 930. The number of thioether (sulfide) groups is 1. The van der Waals surface area contributed by atoms with Crippen molar-refractivity contribution in [2.24, 2.45) is 5.73 Å². The summed E-state index contributed by atoms with van der Waals surface area (Å²) in [6, 6.07) is 4.91. The number of carbonyl (C=O) groups is 5. The minimum Gasteiger partial charge on any atom is -0.481 e. The Labute approximate surface area is 214 Å². The van der Waals surface area contributed by atoms with Crippen molar-refractivity contribution in [3.8, 4) is 0 Å². The molecule has 0 bridgehead atoms. The monoisotopic (exact) mass is 522 g/mol. The number of carbonyl (C=O) groups excluding carboxylic acids is 3. The van der Waals surface area contributed by atoms with Crippen molar-refractivity contribution >= 4 is 41.4 Å². The van der Waals surface area contributed by atoms with Crippen LogP contribution in [0.3, 0.4) is 0 Å². The lowest BCUT2D eigenvalue weighted by Gasteiger charge is -2.29. The summed E-state index contributed by atoms with van der Waals surface area (Å²) in [5, 5.41) is 23.7. The van der Waals surface area contributed by atoms with Crippen LogP contribution < -0.4 is 16.4 Å². The summed E-state index contributed by atoms with van der Waals surface area (Å²) in [5.74, 6) is -3.58. The molecule has 1 aliphatic heterocycles. The molecule has 0 spiro atoms. The van der Waals surface area contributed by atoms with Gasteiger partial charge in [-0.05, 0) is 49.7 Å². The summed E-state index contributed by atoms with van der Waals surface area (Å²) in [5.41, 5.74) is 6.84. The number of carboxylic acids is 2. The molecule has 36 heavy (non-hydrogen) atoms. The molecule has 11 nitrogen and oxygen atoms in total. The molecule has 1 saturated heterocycles. The fraction of sp³-hybridized carbons (Fsp3) is 0.542. The van der Waals surface area contributed by atoms with Crippen molar-refractivity contribution in [1.29, 1.82) is 0 Å². The zero-order valence-electron chi connectivity index (χ0n) is 20.2. The van der Waals surface area contributed by atoms with Gasteiger partial charge in [0.25, 0.3) is 0 Å². The Morgan fingerprint density at radius 1 is 1.06 bits per heavy atom. The van der Waals surface area contributed by atoms with E-state index >= 15 is 0 Å². The number of nitrogens with zero attached hydrogens (tertiary/aromatic N) is 1. The van der Waals surface area contributed by atoms with Gasteiger partial charge in [0.15, 0.2) is 0 Å². The molecule has 0 aromatic heterocycles. The van der Waals surface area contributed by atoms with Crippen molar-refractivity contribution in [2.45, 2.75) is 62.7 Å². The quantitative estimate of drug-likeness (QED) is 0.228. The summed E-state index contributed by atoms with van der Waals surface area (Å²) in [6.45, 7) is 0.273. The van der Waals surface area contributed by atoms with Crippen LogP contribution >= 0.6 is 11.8 Å². The molecular weight excluding hydrogens is 488 g/mol. The second kappa shape index (κ2) is 14.4. The molecule has 198 valence electrons. The molecule has 0 saturated carbocycles. The molecule has 4 unspecified atom stereocenters. The molecule has 0 radical (unpaired) electrons. The van der Waals surface area contributed by atoms with E-state index in [1.165, 1.54) is 16.7 Å². The van der Waals surface area contributed by atoms with Crippen LogP contribution in [-0.4, -0.2) is 87.5 Å². The summed E-state index contributed by atoms with van der Waals surface area (Å²) >= 11 is 1.46. The molecule has 1 fully saturated rings. The number of likely N-dealkylation sites (tertiary alicyclic amines) is 1. The third-order valence-electron chi connectivity index (χ3n) is 5.96. The van der Waals surface area contributed by atoms with Gasteiger partial charge in [-0.1, -0.05) is 30.3 Å². The first kappa shape index (κ1) is 29.1. The summed E-state index contributed by atoms with van der Waals surface area (Å²) in [6.07, 6.45) is 2.60. The van der Waals surface area contributed by atoms with Gasteiger partial charge in [0.1, 0.15) is 18.1 Å². The molecule has 1 aromatic rings. The van der Waals surface area contributed by atoms with Gasteiger partial charge in [-0.3, -0.25) is 19.2 Å². The minimum atomic E-state index is -1.23. The number of benzene rings is 1. The van der Waals surface area contributed by atoms with Gasteiger partial charge in [0, 0.05) is 13.0 Å². The Morgan fingerprint density at radius 3 is 2.33 bits per heavy atom. The summed E-state index contributed by atoms with van der Waals surface area (Å²) < 4.78 is 0. The van der Waals surface area contributed by atoms with E-state index in [4.69, 9.17) is 10.8 Å². The highest BCUT2D eigenvalue weighted by Crippen LogP contribution is 2.20. The first-order valence-corrected chi connectivity index (χ1v) is 13.2. The summed E-state index contributed by atoms with van der Waals surface area (Å²) in [7, 11) is 0. The molecule has 2 rings (SSSR count). The first-order chi connectivity index (χ1) is 17.1. The fourth-order valence-corrected chi connectivity index (χ4v) is 4.50. The Kier molecular flexibility index (Phi) is 11.7. The van der Waals surface area contributed by atoms with Gasteiger partial charge in [0.2, 0.25) is 17.7 Å². The van der Waals surface area contributed by atoms with E-state index in [9.17, 15) is 29.1 Å². The number of rotatable bonds is 14. The average Bonchev–Trinajstić information content (AvgIpc) is 3.34. The number of nitrogens with one attached hydrogen (secondary N) is 2. The standard InChI is InChI=1S/C24H34N4O7S/c1-36-13-11-18(23(33)28-12-5-8-19(28)24(34)35)27-22(32)17(9-10-20(29)30)26-21(31)16(25)14-15-6-3-2-4-7-15/h2-4,6-7,16-19H,5,8-14,25H2,1H3,(H,26,31)(H,27,32)(H,29,30)(H,34,35). The highest BCUT2D eigenvalue weighted by molar-refractivity contribution is 7.98. The van der Waals surface area contributed by atoms with Crippen LogP contribution in [0.2, 0.25) is 0 Å². The number of hydrogen-bond acceptors (Lipinski definition) is 7. The Hall–Kier alpha value is -3.12. The number of hydrogen-bond donors (Lipinski definition) is 5. The zero-order valence-corrected chi connectivity index (χ0v) is 21.0. The van der Waals surface area contributed by atoms with Crippen LogP contribution in [0.1, 0.15) is 37.7 Å². The van der Waals surface area contributed by atoms with E-state index < -0.39 is 53.8 Å². The number of aliphatic carboxylic acids is 2. The van der Waals surface area contributed by atoms with Gasteiger partial charge in [-0.25, -0.2) is 4.79 Å². The third kappa shape index (κ3) is 8.83.